The van der Waals surface area contributed by atoms with Crippen LogP contribution in [0.25, 0.3) is 0 Å². The minimum absolute atomic E-state index is 0.0993. The molecule has 0 aromatic heterocycles. The first-order valence-electron chi connectivity index (χ1n) is 10.1. The summed E-state index contributed by atoms with van der Waals surface area (Å²) in [5.74, 6) is 1.28. The molecule has 3 rings (SSSR count). The number of carbonyl (C=O) groups is 2. The Morgan fingerprint density at radius 1 is 1.10 bits per heavy atom. The Bertz CT molecular complexity index is 1040. The number of ether oxygens (including phenoxy) is 1. The van der Waals surface area contributed by atoms with Gasteiger partial charge in [0.15, 0.2) is 0 Å². The number of methoxy groups -OCH3 is 1. The third kappa shape index (κ3) is 3.30. The molecule has 1 aromatic rings. The quantitative estimate of drug-likeness (QED) is 0.405. The van der Waals surface area contributed by atoms with Crippen LogP contribution in [0.5, 0.6) is 0 Å². The predicted octanol–water partition coefficient (Wildman–Crippen LogP) is 4.17. The lowest BCUT2D eigenvalue weighted by molar-refractivity contribution is -0.120. The van der Waals surface area contributed by atoms with Crippen LogP contribution >= 0.6 is 0 Å². The number of hydrogen-bond acceptors (Lipinski definition) is 4. The van der Waals surface area contributed by atoms with Gasteiger partial charge in [-0.2, -0.15) is 0 Å². The lowest BCUT2D eigenvalue weighted by atomic mass is 9.87. The van der Waals surface area contributed by atoms with Crippen molar-refractivity contribution in [1.29, 1.82) is 0 Å². The summed E-state index contributed by atoms with van der Waals surface area (Å²) in [7, 11) is 1.41. The van der Waals surface area contributed by atoms with E-state index in [2.05, 4.69) is 26.5 Å². The van der Waals surface area contributed by atoms with Crippen LogP contribution in [0.4, 0.5) is 5.69 Å². The normalized spacial score (nSPS) is 18.6. The van der Waals surface area contributed by atoms with Gasteiger partial charge in [-0.1, -0.05) is 45.9 Å². The number of amides is 2. The maximum absolute atomic E-state index is 13.6. The summed E-state index contributed by atoms with van der Waals surface area (Å²) >= 11 is 0. The smallest absolute Gasteiger partial charge is 0.265 e. The molecule has 0 N–H and O–H groups in total. The summed E-state index contributed by atoms with van der Waals surface area (Å²) in [5.41, 5.74) is 4.20. The first-order chi connectivity index (χ1) is 14.3. The molecule has 0 radical (unpaired) electrons. The highest BCUT2D eigenvalue weighted by molar-refractivity contribution is 6.35. The zero-order chi connectivity index (χ0) is 22.2. The molecule has 1 aliphatic carbocycles. The van der Waals surface area contributed by atoms with E-state index in [1.165, 1.54) is 24.2 Å². The molecule has 1 unspecified atom stereocenters. The minimum atomic E-state index is -0.900. The largest absolute Gasteiger partial charge is 0.371 e. The summed E-state index contributed by atoms with van der Waals surface area (Å²) < 4.78 is 5.40. The number of hydrogen-bond donors (Lipinski definition) is 0. The van der Waals surface area contributed by atoms with Gasteiger partial charge in [-0.3, -0.25) is 9.59 Å². The molecule has 0 bridgehead atoms. The second-order valence-electron chi connectivity index (χ2n) is 8.15. The summed E-state index contributed by atoms with van der Waals surface area (Å²) in [4.78, 5) is 39.6. The van der Waals surface area contributed by atoms with Crippen molar-refractivity contribution >= 4 is 23.4 Å². The molecule has 0 saturated carbocycles. The summed E-state index contributed by atoms with van der Waals surface area (Å²) in [6, 6.07) is 4.08. The van der Waals surface area contributed by atoms with Crippen LogP contribution in [0.3, 0.4) is 0 Å². The number of imide groups is 1. The maximum atomic E-state index is 13.6. The highest BCUT2D eigenvalue weighted by Gasteiger charge is 2.46. The Morgan fingerprint density at radius 2 is 1.73 bits per heavy atom. The number of nitrogens with zero attached hydrogens (tertiary/aromatic N) is 1. The Labute approximate surface area is 177 Å². The zero-order valence-corrected chi connectivity index (χ0v) is 18.1. The van der Waals surface area contributed by atoms with Gasteiger partial charge in [-0.25, -0.2) is 9.69 Å². The Morgan fingerprint density at radius 3 is 2.27 bits per heavy atom. The fourth-order valence-electron chi connectivity index (χ4n) is 4.23. The van der Waals surface area contributed by atoms with Gasteiger partial charge in [0.05, 0.1) is 22.4 Å². The van der Waals surface area contributed by atoms with Crippen molar-refractivity contribution in [1.82, 2.24) is 0 Å². The van der Waals surface area contributed by atoms with Crippen LogP contribution < -0.4 is 4.90 Å². The van der Waals surface area contributed by atoms with Gasteiger partial charge in [0, 0.05) is 7.11 Å². The molecule has 1 heterocycles. The summed E-state index contributed by atoms with van der Waals surface area (Å²) in [5, 5.41) is 0. The van der Waals surface area contributed by atoms with E-state index < -0.39 is 17.9 Å². The molecule has 0 spiro atoms. The van der Waals surface area contributed by atoms with E-state index in [4.69, 9.17) is 4.74 Å². The van der Waals surface area contributed by atoms with Crippen LogP contribution in [0, 0.1) is 0 Å². The fourth-order valence-corrected chi connectivity index (χ4v) is 4.23. The van der Waals surface area contributed by atoms with E-state index >= 15 is 0 Å². The number of anilines is 1. The predicted molar refractivity (Wildman–Crippen MR) is 117 cm³/mol. The molecule has 1 aliphatic heterocycles. The van der Waals surface area contributed by atoms with Crippen molar-refractivity contribution < 1.29 is 19.1 Å². The molecule has 1 atom stereocenters. The van der Waals surface area contributed by atoms with Gasteiger partial charge in [0.1, 0.15) is 12.0 Å². The molecular formula is C25H27NO4. The molecule has 1 aromatic carbocycles. The molecule has 0 fully saturated rings. The molecule has 5 nitrogen and oxygen atoms in total. The van der Waals surface area contributed by atoms with Crippen LogP contribution in [0.2, 0.25) is 0 Å². The average Bonchev–Trinajstić information content (AvgIpc) is 2.97. The van der Waals surface area contributed by atoms with Crippen molar-refractivity contribution in [2.75, 3.05) is 12.0 Å². The second-order valence-corrected chi connectivity index (χ2v) is 8.15. The van der Waals surface area contributed by atoms with Gasteiger partial charge in [-0.05, 0) is 47.1 Å². The van der Waals surface area contributed by atoms with Crippen LogP contribution in [-0.4, -0.2) is 31.0 Å². The summed E-state index contributed by atoms with van der Waals surface area (Å²) in [6.45, 7) is 12.1. The SMILES string of the molecule is C=CCc1c(C(C)C)ccc(C(C)C)c1N1C(=O)C2=C(C1=O)C(OC)C(=C=O)C=C2. The minimum Gasteiger partial charge on any atom is -0.371 e. The highest BCUT2D eigenvalue weighted by atomic mass is 16.5. The number of allylic oxidation sites excluding steroid dienone is 1. The van der Waals surface area contributed by atoms with Gasteiger partial charge in [0.2, 0.25) is 0 Å². The standard InChI is InChI=1S/C25H27NO4/c1-7-8-19-17(14(2)3)11-12-18(15(4)5)22(19)26-24(28)20-10-9-16(13-27)23(30-6)21(20)25(26)29/h7,9-12,14-15,23H,1,8H2,2-6H3. The van der Waals surface area contributed by atoms with E-state index in [0.29, 0.717) is 12.1 Å². The third-order valence-electron chi connectivity index (χ3n) is 5.65. The van der Waals surface area contributed by atoms with E-state index in [-0.39, 0.29) is 28.6 Å². The second kappa shape index (κ2) is 8.39. The summed E-state index contributed by atoms with van der Waals surface area (Å²) in [6.07, 6.45) is 4.43. The molecule has 0 saturated heterocycles. The van der Waals surface area contributed by atoms with Gasteiger partial charge < -0.3 is 4.74 Å². The first kappa shape index (κ1) is 21.7. The fraction of sp³-hybridized carbons (Fsp3) is 0.360. The number of carbonyl (C=O) groups excluding carboxylic acids is 3. The molecule has 2 aliphatic rings. The topological polar surface area (TPSA) is 63.7 Å². The van der Waals surface area contributed by atoms with Gasteiger partial charge in [0.25, 0.3) is 11.8 Å². The Hall–Kier alpha value is -3.01. The molecule has 156 valence electrons. The van der Waals surface area contributed by atoms with Crippen molar-refractivity contribution in [3.63, 3.8) is 0 Å². The van der Waals surface area contributed by atoms with Crippen molar-refractivity contribution in [2.45, 2.75) is 52.1 Å². The van der Waals surface area contributed by atoms with Crippen molar-refractivity contribution in [3.05, 3.63) is 70.3 Å². The monoisotopic (exact) mass is 405 g/mol. The first-order valence-corrected chi connectivity index (χ1v) is 10.1. The van der Waals surface area contributed by atoms with Crippen LogP contribution in [0.15, 0.2) is 53.7 Å². The Balaban J connectivity index is 2.27. The van der Waals surface area contributed by atoms with Crippen molar-refractivity contribution in [3.8, 4) is 0 Å². The van der Waals surface area contributed by atoms with E-state index in [1.807, 2.05) is 25.9 Å². The lowest BCUT2D eigenvalue weighted by Gasteiger charge is -2.27. The number of benzene rings is 1. The van der Waals surface area contributed by atoms with Crippen LogP contribution in [-0.2, 0) is 25.5 Å². The molecule has 30 heavy (non-hydrogen) atoms. The third-order valence-corrected chi connectivity index (χ3v) is 5.65. The number of rotatable bonds is 6. The average molecular weight is 405 g/mol. The van der Waals surface area contributed by atoms with Gasteiger partial charge in [-0.15, -0.1) is 6.58 Å². The lowest BCUT2D eigenvalue weighted by Crippen LogP contribution is -2.35. The highest BCUT2D eigenvalue weighted by Crippen LogP contribution is 2.42. The van der Waals surface area contributed by atoms with Crippen molar-refractivity contribution in [2.24, 2.45) is 0 Å². The molecular weight excluding hydrogens is 378 g/mol. The Kier molecular flexibility index (Phi) is 6.06. The van der Waals surface area contributed by atoms with E-state index in [1.54, 1.807) is 6.08 Å². The van der Waals surface area contributed by atoms with E-state index in [9.17, 15) is 14.4 Å². The maximum Gasteiger partial charge on any atom is 0.265 e. The molecule has 2 amide bonds. The van der Waals surface area contributed by atoms with Gasteiger partial charge >= 0.3 is 0 Å². The zero-order valence-electron chi connectivity index (χ0n) is 18.1. The van der Waals surface area contributed by atoms with Crippen LogP contribution in [0.1, 0.15) is 56.2 Å². The molecule has 5 heteroatoms. The van der Waals surface area contributed by atoms with E-state index in [0.717, 1.165) is 16.7 Å².